The lowest BCUT2D eigenvalue weighted by atomic mass is 10.2. The molecule has 22 heavy (non-hydrogen) atoms. The average molecular weight is 319 g/mol. The van der Waals surface area contributed by atoms with Crippen LogP contribution in [0, 0.1) is 0 Å². The first-order valence-corrected chi connectivity index (χ1v) is 6.24. The first-order chi connectivity index (χ1) is 10.3. The predicted molar refractivity (Wildman–Crippen MR) is 66.6 cm³/mol. The van der Waals surface area contributed by atoms with Gasteiger partial charge in [-0.05, 0) is 12.1 Å². The lowest BCUT2D eigenvalue weighted by Gasteiger charge is -2.26. The van der Waals surface area contributed by atoms with Gasteiger partial charge in [0.15, 0.2) is 11.5 Å². The highest BCUT2D eigenvalue weighted by Crippen LogP contribution is 2.31. The number of alkyl halides is 3. The van der Waals surface area contributed by atoms with Gasteiger partial charge in [0.2, 0.25) is 6.10 Å². The number of benzene rings is 1. The second kappa shape index (κ2) is 6.12. The van der Waals surface area contributed by atoms with Crippen LogP contribution < -0.4 is 14.8 Å². The summed E-state index contributed by atoms with van der Waals surface area (Å²) in [5, 5.41) is 10.6. The van der Waals surface area contributed by atoms with E-state index in [0.29, 0.717) is 5.75 Å². The minimum Gasteiger partial charge on any atom is -0.485 e. The van der Waals surface area contributed by atoms with Crippen molar-refractivity contribution in [1.29, 1.82) is 0 Å². The van der Waals surface area contributed by atoms with Crippen LogP contribution in [-0.2, 0) is 9.59 Å². The molecule has 9 heteroatoms. The molecule has 1 aliphatic heterocycles. The standard InChI is InChI=1S/C13H12F3NO5/c14-13(15,16)5-7(12(19)20)17-11(18)10-6-21-8-3-1-2-4-9(8)22-10/h1-4,7,10H,5-6H2,(H,17,18)(H,19,20). The molecule has 2 rings (SSSR count). The zero-order valence-electron chi connectivity index (χ0n) is 11.1. The van der Waals surface area contributed by atoms with E-state index in [1.165, 1.54) is 6.07 Å². The summed E-state index contributed by atoms with van der Waals surface area (Å²) in [5.74, 6) is -2.10. The van der Waals surface area contributed by atoms with Gasteiger partial charge in [-0.3, -0.25) is 4.79 Å². The van der Waals surface area contributed by atoms with Crippen LogP contribution in [0.15, 0.2) is 24.3 Å². The van der Waals surface area contributed by atoms with Crippen LogP contribution >= 0.6 is 0 Å². The summed E-state index contributed by atoms with van der Waals surface area (Å²) in [6.07, 6.45) is -7.60. The molecule has 6 nitrogen and oxygen atoms in total. The van der Waals surface area contributed by atoms with Gasteiger partial charge < -0.3 is 19.9 Å². The highest BCUT2D eigenvalue weighted by Gasteiger charge is 2.38. The van der Waals surface area contributed by atoms with Crippen molar-refractivity contribution in [3.8, 4) is 11.5 Å². The molecule has 0 fully saturated rings. The first kappa shape index (κ1) is 15.9. The number of aliphatic carboxylic acids is 1. The van der Waals surface area contributed by atoms with Crippen molar-refractivity contribution in [2.75, 3.05) is 6.61 Å². The maximum absolute atomic E-state index is 12.3. The zero-order chi connectivity index (χ0) is 16.3. The number of fused-ring (bicyclic) bond motifs is 1. The van der Waals surface area contributed by atoms with Crippen LogP contribution in [-0.4, -0.2) is 41.9 Å². The number of rotatable bonds is 4. The molecule has 2 unspecified atom stereocenters. The quantitative estimate of drug-likeness (QED) is 0.875. The summed E-state index contributed by atoms with van der Waals surface area (Å²) in [6.45, 7) is -0.221. The zero-order valence-corrected chi connectivity index (χ0v) is 11.1. The number of carbonyl (C=O) groups excluding carboxylic acids is 1. The number of hydrogen-bond donors (Lipinski definition) is 2. The Morgan fingerprint density at radius 3 is 2.55 bits per heavy atom. The molecule has 0 aliphatic carbocycles. The van der Waals surface area contributed by atoms with Crippen molar-refractivity contribution < 1.29 is 37.3 Å². The SMILES string of the molecule is O=C(O)C(CC(F)(F)F)NC(=O)C1COc2ccccc2O1. The summed E-state index contributed by atoms with van der Waals surface area (Å²) < 4.78 is 47.4. The third-order valence-corrected chi connectivity index (χ3v) is 2.85. The Hall–Kier alpha value is -2.45. The van der Waals surface area contributed by atoms with Gasteiger partial charge in [0.05, 0.1) is 6.42 Å². The Morgan fingerprint density at radius 2 is 1.95 bits per heavy atom. The second-order valence-corrected chi connectivity index (χ2v) is 4.58. The van der Waals surface area contributed by atoms with Crippen molar-refractivity contribution >= 4 is 11.9 Å². The topological polar surface area (TPSA) is 84.9 Å². The van der Waals surface area contributed by atoms with Crippen LogP contribution in [0.5, 0.6) is 11.5 Å². The van der Waals surface area contributed by atoms with Crippen LogP contribution in [0.1, 0.15) is 6.42 Å². The van der Waals surface area contributed by atoms with E-state index in [4.69, 9.17) is 14.6 Å². The van der Waals surface area contributed by atoms with E-state index in [2.05, 4.69) is 0 Å². The molecular weight excluding hydrogens is 307 g/mol. The van der Waals surface area contributed by atoms with Crippen molar-refractivity contribution in [2.24, 2.45) is 0 Å². The molecule has 120 valence electrons. The van der Waals surface area contributed by atoms with Crippen LogP contribution in [0.3, 0.4) is 0 Å². The maximum atomic E-state index is 12.3. The number of amides is 1. The van der Waals surface area contributed by atoms with E-state index in [9.17, 15) is 22.8 Å². The first-order valence-electron chi connectivity index (χ1n) is 6.24. The largest absolute Gasteiger partial charge is 0.485 e. The average Bonchev–Trinajstić information content (AvgIpc) is 2.44. The molecule has 1 aromatic carbocycles. The van der Waals surface area contributed by atoms with Crippen molar-refractivity contribution in [3.05, 3.63) is 24.3 Å². The maximum Gasteiger partial charge on any atom is 0.391 e. The molecular formula is C13H12F3NO5. The van der Waals surface area contributed by atoms with Crippen molar-refractivity contribution in [2.45, 2.75) is 24.7 Å². The lowest BCUT2D eigenvalue weighted by Crippen LogP contribution is -2.51. The van der Waals surface area contributed by atoms with Gasteiger partial charge in [0.25, 0.3) is 5.91 Å². The van der Waals surface area contributed by atoms with E-state index in [-0.39, 0.29) is 12.4 Å². The third-order valence-electron chi connectivity index (χ3n) is 2.85. The van der Waals surface area contributed by atoms with Gasteiger partial charge in [-0.2, -0.15) is 13.2 Å². The Labute approximate surface area is 122 Å². The van der Waals surface area contributed by atoms with Crippen molar-refractivity contribution in [1.82, 2.24) is 5.32 Å². The fourth-order valence-electron chi connectivity index (χ4n) is 1.84. The number of carbonyl (C=O) groups is 2. The minimum atomic E-state index is -4.72. The van der Waals surface area contributed by atoms with Crippen LogP contribution in [0.2, 0.25) is 0 Å². The number of nitrogens with one attached hydrogen (secondary N) is 1. The molecule has 1 heterocycles. The van der Waals surface area contributed by atoms with Gasteiger partial charge in [-0.25, -0.2) is 4.79 Å². The number of ether oxygens (including phenoxy) is 2. The summed E-state index contributed by atoms with van der Waals surface area (Å²) in [7, 11) is 0. The number of halogens is 3. The molecule has 1 aliphatic rings. The Morgan fingerprint density at radius 1 is 1.32 bits per heavy atom. The van der Waals surface area contributed by atoms with Gasteiger partial charge in [-0.1, -0.05) is 12.1 Å². The molecule has 0 radical (unpaired) electrons. The number of hydrogen-bond acceptors (Lipinski definition) is 4. The fourth-order valence-corrected chi connectivity index (χ4v) is 1.84. The smallest absolute Gasteiger partial charge is 0.391 e. The molecule has 0 saturated carbocycles. The van der Waals surface area contributed by atoms with E-state index in [1.54, 1.807) is 18.2 Å². The van der Waals surface area contributed by atoms with Gasteiger partial charge >= 0.3 is 12.1 Å². The third kappa shape index (κ3) is 4.03. The lowest BCUT2D eigenvalue weighted by molar-refractivity contribution is -0.161. The normalized spacial score (nSPS) is 18.4. The molecule has 0 spiro atoms. The highest BCUT2D eigenvalue weighted by atomic mass is 19.4. The molecule has 2 atom stereocenters. The Balaban J connectivity index is 2.01. The molecule has 1 amide bonds. The molecule has 1 aromatic rings. The Kier molecular flexibility index (Phi) is 4.43. The van der Waals surface area contributed by atoms with E-state index < -0.39 is 36.6 Å². The van der Waals surface area contributed by atoms with Crippen LogP contribution in [0.25, 0.3) is 0 Å². The summed E-state index contributed by atoms with van der Waals surface area (Å²) in [4.78, 5) is 22.7. The van der Waals surface area contributed by atoms with Gasteiger partial charge in [0.1, 0.15) is 12.6 Å². The minimum absolute atomic E-state index is 0.221. The summed E-state index contributed by atoms with van der Waals surface area (Å²) in [6, 6.07) is 4.37. The molecule has 0 bridgehead atoms. The highest BCUT2D eigenvalue weighted by molar-refractivity contribution is 5.87. The van der Waals surface area contributed by atoms with Crippen molar-refractivity contribution in [3.63, 3.8) is 0 Å². The van der Waals surface area contributed by atoms with Gasteiger partial charge in [-0.15, -0.1) is 0 Å². The summed E-state index contributed by atoms with van der Waals surface area (Å²) >= 11 is 0. The second-order valence-electron chi connectivity index (χ2n) is 4.58. The van der Waals surface area contributed by atoms with Gasteiger partial charge in [0, 0.05) is 0 Å². The van der Waals surface area contributed by atoms with E-state index in [0.717, 1.165) is 0 Å². The number of carboxylic acids is 1. The van der Waals surface area contributed by atoms with E-state index >= 15 is 0 Å². The van der Waals surface area contributed by atoms with Crippen LogP contribution in [0.4, 0.5) is 13.2 Å². The number of para-hydroxylation sites is 2. The molecule has 0 saturated heterocycles. The molecule has 2 N–H and O–H groups in total. The van der Waals surface area contributed by atoms with E-state index in [1.807, 2.05) is 5.32 Å². The summed E-state index contributed by atoms with van der Waals surface area (Å²) in [5.41, 5.74) is 0. The Bertz CT molecular complexity index is 575. The monoisotopic (exact) mass is 319 g/mol. The fraction of sp³-hybridized carbons (Fsp3) is 0.385. The predicted octanol–water partition coefficient (Wildman–Crippen LogP) is 1.35. The molecule has 0 aromatic heterocycles. The number of carboxylic acid groups (broad SMARTS) is 1.